The van der Waals surface area contributed by atoms with E-state index in [2.05, 4.69) is 0 Å². The van der Waals surface area contributed by atoms with Crippen LogP contribution in [0.4, 0.5) is 8.78 Å². The van der Waals surface area contributed by atoms with Gasteiger partial charge in [0.15, 0.2) is 0 Å². The monoisotopic (exact) mass is 257 g/mol. The van der Waals surface area contributed by atoms with E-state index in [1.54, 1.807) is 18.2 Å². The second-order valence-electron chi connectivity index (χ2n) is 4.69. The molecule has 19 heavy (non-hydrogen) atoms. The predicted octanol–water partition coefficient (Wildman–Crippen LogP) is 4.28. The summed E-state index contributed by atoms with van der Waals surface area (Å²) < 4.78 is 28.8. The maximum atomic E-state index is 13.6. The van der Waals surface area contributed by atoms with Crippen LogP contribution in [-0.2, 0) is 6.54 Å². The summed E-state index contributed by atoms with van der Waals surface area (Å²) in [6.45, 7) is 2.48. The molecule has 2 aromatic carbocycles. The van der Waals surface area contributed by atoms with Gasteiger partial charge in [0.25, 0.3) is 0 Å². The van der Waals surface area contributed by atoms with Crippen molar-refractivity contribution in [3.63, 3.8) is 0 Å². The highest BCUT2D eigenvalue weighted by Crippen LogP contribution is 2.21. The van der Waals surface area contributed by atoms with Gasteiger partial charge in [0.2, 0.25) is 0 Å². The van der Waals surface area contributed by atoms with Gasteiger partial charge in [-0.2, -0.15) is 0 Å². The highest BCUT2D eigenvalue weighted by molar-refractivity contribution is 5.80. The Morgan fingerprint density at radius 1 is 1.05 bits per heavy atom. The Bertz CT molecular complexity index is 744. The van der Waals surface area contributed by atoms with Crippen LogP contribution >= 0.6 is 0 Å². The quantitative estimate of drug-likeness (QED) is 0.646. The van der Waals surface area contributed by atoms with Crippen molar-refractivity contribution in [2.24, 2.45) is 0 Å². The third kappa shape index (κ3) is 2.12. The van der Waals surface area contributed by atoms with Crippen molar-refractivity contribution in [3.05, 3.63) is 71.4 Å². The van der Waals surface area contributed by atoms with Gasteiger partial charge in [-0.05, 0) is 48.4 Å². The third-order valence-corrected chi connectivity index (χ3v) is 3.41. The molecule has 3 heteroatoms. The lowest BCUT2D eigenvalue weighted by Gasteiger charge is -2.09. The van der Waals surface area contributed by atoms with Gasteiger partial charge in [0.1, 0.15) is 11.6 Å². The average Bonchev–Trinajstić information content (AvgIpc) is 2.79. The first-order chi connectivity index (χ1) is 9.15. The standard InChI is InChI=1S/C16H13F2N/c1-11-5-6-13(17)9-12(11)10-19-8-7-14-15(18)3-2-4-16(14)19/h2-9H,10H2,1H3. The lowest BCUT2D eigenvalue weighted by molar-refractivity contribution is 0.623. The first kappa shape index (κ1) is 11.9. The number of hydrogen-bond acceptors (Lipinski definition) is 0. The SMILES string of the molecule is Cc1ccc(F)cc1Cn1ccc2c(F)cccc21. The van der Waals surface area contributed by atoms with Crippen LogP contribution in [0.3, 0.4) is 0 Å². The van der Waals surface area contributed by atoms with Crippen LogP contribution in [0, 0.1) is 18.6 Å². The van der Waals surface area contributed by atoms with Gasteiger partial charge >= 0.3 is 0 Å². The summed E-state index contributed by atoms with van der Waals surface area (Å²) in [5.74, 6) is -0.476. The van der Waals surface area contributed by atoms with Crippen LogP contribution in [0.2, 0.25) is 0 Å². The Hall–Kier alpha value is -2.16. The number of aryl methyl sites for hydroxylation is 1. The van der Waals surface area contributed by atoms with Gasteiger partial charge in [-0.3, -0.25) is 0 Å². The minimum absolute atomic E-state index is 0.229. The van der Waals surface area contributed by atoms with Gasteiger partial charge in [-0.25, -0.2) is 8.78 Å². The van der Waals surface area contributed by atoms with Crippen LogP contribution in [0.15, 0.2) is 48.7 Å². The van der Waals surface area contributed by atoms with Gasteiger partial charge in [-0.1, -0.05) is 12.1 Å². The van der Waals surface area contributed by atoms with E-state index < -0.39 is 0 Å². The largest absolute Gasteiger partial charge is 0.343 e. The molecule has 0 saturated carbocycles. The van der Waals surface area contributed by atoms with Crippen LogP contribution < -0.4 is 0 Å². The number of rotatable bonds is 2. The molecule has 1 nitrogen and oxygen atoms in total. The van der Waals surface area contributed by atoms with Gasteiger partial charge < -0.3 is 4.57 Å². The molecule has 0 fully saturated rings. The van der Waals surface area contributed by atoms with E-state index >= 15 is 0 Å². The minimum atomic E-state index is -0.247. The maximum Gasteiger partial charge on any atom is 0.132 e. The minimum Gasteiger partial charge on any atom is -0.343 e. The lowest BCUT2D eigenvalue weighted by Crippen LogP contribution is -2.00. The molecular formula is C16H13F2N. The van der Waals surface area contributed by atoms with Gasteiger partial charge in [-0.15, -0.1) is 0 Å². The first-order valence-corrected chi connectivity index (χ1v) is 6.13. The number of halogens is 2. The summed E-state index contributed by atoms with van der Waals surface area (Å²) in [4.78, 5) is 0. The van der Waals surface area contributed by atoms with Gasteiger partial charge in [0.05, 0.1) is 5.52 Å². The Kier molecular flexibility index (Phi) is 2.82. The zero-order chi connectivity index (χ0) is 13.4. The van der Waals surface area contributed by atoms with E-state index in [-0.39, 0.29) is 11.6 Å². The van der Waals surface area contributed by atoms with Crippen molar-refractivity contribution in [2.45, 2.75) is 13.5 Å². The normalized spacial score (nSPS) is 11.1. The summed E-state index contributed by atoms with van der Waals surface area (Å²) in [6, 6.07) is 11.5. The predicted molar refractivity (Wildman–Crippen MR) is 72.1 cm³/mol. The van der Waals surface area contributed by atoms with Crippen LogP contribution in [0.1, 0.15) is 11.1 Å². The topological polar surface area (TPSA) is 4.93 Å². The molecule has 0 aliphatic carbocycles. The van der Waals surface area contributed by atoms with E-state index in [1.165, 1.54) is 18.2 Å². The molecule has 0 aliphatic heterocycles. The number of fused-ring (bicyclic) bond motifs is 1. The van der Waals surface area contributed by atoms with E-state index in [4.69, 9.17) is 0 Å². The van der Waals surface area contributed by atoms with Crippen molar-refractivity contribution >= 4 is 10.9 Å². The molecule has 0 aliphatic rings. The number of aromatic nitrogens is 1. The molecule has 0 N–H and O–H groups in total. The summed E-state index contributed by atoms with van der Waals surface area (Å²) in [5.41, 5.74) is 2.75. The summed E-state index contributed by atoms with van der Waals surface area (Å²) >= 11 is 0. The fraction of sp³-hybridized carbons (Fsp3) is 0.125. The fourth-order valence-electron chi connectivity index (χ4n) is 2.32. The fourth-order valence-corrected chi connectivity index (χ4v) is 2.32. The molecule has 1 aromatic heterocycles. The Labute approximate surface area is 110 Å². The number of benzene rings is 2. The smallest absolute Gasteiger partial charge is 0.132 e. The molecule has 3 rings (SSSR count). The van der Waals surface area contributed by atoms with Crippen molar-refractivity contribution in [1.82, 2.24) is 4.57 Å². The summed E-state index contributed by atoms with van der Waals surface area (Å²) in [5, 5.41) is 0.594. The second kappa shape index (κ2) is 4.50. The third-order valence-electron chi connectivity index (χ3n) is 3.41. The van der Waals surface area contributed by atoms with E-state index in [0.29, 0.717) is 11.9 Å². The molecule has 0 spiro atoms. The van der Waals surface area contributed by atoms with Crippen molar-refractivity contribution < 1.29 is 8.78 Å². The molecule has 3 aromatic rings. The zero-order valence-electron chi connectivity index (χ0n) is 10.5. The summed E-state index contributed by atoms with van der Waals surface area (Å²) in [6.07, 6.45) is 1.83. The maximum absolute atomic E-state index is 13.6. The molecule has 0 atom stereocenters. The molecule has 0 amide bonds. The molecule has 0 bridgehead atoms. The molecule has 96 valence electrons. The Morgan fingerprint density at radius 3 is 2.74 bits per heavy atom. The van der Waals surface area contributed by atoms with Crippen LogP contribution in [0.25, 0.3) is 10.9 Å². The molecule has 1 heterocycles. The van der Waals surface area contributed by atoms with Gasteiger partial charge in [0, 0.05) is 18.1 Å². The van der Waals surface area contributed by atoms with Crippen LogP contribution in [-0.4, -0.2) is 4.57 Å². The Balaban J connectivity index is 2.06. The summed E-state index contributed by atoms with van der Waals surface area (Å²) in [7, 11) is 0. The molecule has 0 radical (unpaired) electrons. The average molecular weight is 257 g/mol. The highest BCUT2D eigenvalue weighted by atomic mass is 19.1. The zero-order valence-corrected chi connectivity index (χ0v) is 10.5. The van der Waals surface area contributed by atoms with E-state index in [9.17, 15) is 8.78 Å². The second-order valence-corrected chi connectivity index (χ2v) is 4.69. The van der Waals surface area contributed by atoms with E-state index in [1.807, 2.05) is 23.8 Å². The number of nitrogens with zero attached hydrogens (tertiary/aromatic N) is 1. The van der Waals surface area contributed by atoms with Crippen molar-refractivity contribution in [2.75, 3.05) is 0 Å². The van der Waals surface area contributed by atoms with Crippen molar-refractivity contribution in [3.8, 4) is 0 Å². The number of hydrogen-bond donors (Lipinski definition) is 0. The Morgan fingerprint density at radius 2 is 1.89 bits per heavy atom. The molecular weight excluding hydrogens is 244 g/mol. The van der Waals surface area contributed by atoms with Crippen molar-refractivity contribution in [1.29, 1.82) is 0 Å². The molecule has 0 saturated heterocycles. The first-order valence-electron chi connectivity index (χ1n) is 6.13. The highest BCUT2D eigenvalue weighted by Gasteiger charge is 2.07. The molecule has 0 unspecified atom stereocenters. The lowest BCUT2D eigenvalue weighted by atomic mass is 10.1. The van der Waals surface area contributed by atoms with E-state index in [0.717, 1.165) is 16.6 Å². The van der Waals surface area contributed by atoms with Crippen LogP contribution in [0.5, 0.6) is 0 Å².